The van der Waals surface area contributed by atoms with Crippen molar-refractivity contribution >= 4 is 5.82 Å². The molecule has 0 saturated heterocycles. The first-order valence-corrected chi connectivity index (χ1v) is 8.53. The number of anilines is 1. The summed E-state index contributed by atoms with van der Waals surface area (Å²) < 4.78 is 20.7. The van der Waals surface area contributed by atoms with Gasteiger partial charge >= 0.3 is 0 Å². The van der Waals surface area contributed by atoms with Crippen LogP contribution in [0.25, 0.3) is 16.9 Å². The molecule has 4 nitrogen and oxygen atoms in total. The highest BCUT2D eigenvalue weighted by Crippen LogP contribution is 2.37. The van der Waals surface area contributed by atoms with Gasteiger partial charge in [0.15, 0.2) is 0 Å². The van der Waals surface area contributed by atoms with Gasteiger partial charge in [0.25, 0.3) is 0 Å². The van der Waals surface area contributed by atoms with Crippen LogP contribution in [0.3, 0.4) is 0 Å². The van der Waals surface area contributed by atoms with Crippen LogP contribution in [0.15, 0.2) is 48.5 Å². The Labute approximate surface area is 146 Å². The van der Waals surface area contributed by atoms with E-state index < -0.39 is 0 Å². The smallest absolute Gasteiger partial charge is 0.133 e. The molecule has 128 valence electrons. The molecule has 0 amide bonds. The van der Waals surface area contributed by atoms with Crippen LogP contribution < -0.4 is 10.1 Å². The fourth-order valence-corrected chi connectivity index (χ4v) is 3.33. The van der Waals surface area contributed by atoms with Crippen molar-refractivity contribution < 1.29 is 9.13 Å². The molecule has 1 N–H and O–H groups in total. The lowest BCUT2D eigenvalue weighted by atomic mass is 10.0. The number of hydrogen-bond acceptors (Lipinski definition) is 3. The van der Waals surface area contributed by atoms with Crippen LogP contribution in [0.1, 0.15) is 18.4 Å². The third kappa shape index (κ3) is 2.86. The summed E-state index contributed by atoms with van der Waals surface area (Å²) in [5.74, 6) is 1.54. The minimum Gasteiger partial charge on any atom is -0.496 e. The quantitative estimate of drug-likeness (QED) is 0.768. The predicted octanol–water partition coefficient (Wildman–Crippen LogP) is 4.44. The number of rotatable bonds is 3. The summed E-state index contributed by atoms with van der Waals surface area (Å²) in [5, 5.41) is 8.36. The normalized spacial score (nSPS) is 13.7. The lowest BCUT2D eigenvalue weighted by Gasteiger charge is -2.09. The second kappa shape index (κ2) is 6.59. The number of nitrogens with one attached hydrogen (secondary N) is 1. The van der Waals surface area contributed by atoms with E-state index >= 15 is 0 Å². The molecule has 0 unspecified atom stereocenters. The Morgan fingerprint density at radius 3 is 2.68 bits per heavy atom. The monoisotopic (exact) mass is 337 g/mol. The molecule has 2 heterocycles. The molecule has 0 fully saturated rings. The van der Waals surface area contributed by atoms with Crippen molar-refractivity contribution in [2.45, 2.75) is 19.3 Å². The summed E-state index contributed by atoms with van der Waals surface area (Å²) in [6.45, 7) is 0.908. The van der Waals surface area contributed by atoms with E-state index in [1.807, 2.05) is 28.9 Å². The number of para-hydroxylation sites is 1. The van der Waals surface area contributed by atoms with Crippen molar-refractivity contribution in [3.8, 4) is 22.7 Å². The van der Waals surface area contributed by atoms with Gasteiger partial charge in [-0.05, 0) is 55.7 Å². The highest BCUT2D eigenvalue weighted by Gasteiger charge is 2.23. The van der Waals surface area contributed by atoms with Gasteiger partial charge in [0, 0.05) is 17.7 Å². The van der Waals surface area contributed by atoms with Gasteiger partial charge in [-0.25, -0.2) is 9.07 Å². The standard InChI is InChI=1S/C20H20FN3O/c1-25-18-8-3-2-6-16(18)19-17-7-4-5-13-22-20(17)24(23-19)15-11-9-14(21)10-12-15/h2-3,6,8-12,22H,4-5,7,13H2,1H3. The van der Waals surface area contributed by atoms with E-state index in [1.165, 1.54) is 17.7 Å². The molecule has 0 aliphatic carbocycles. The molecule has 1 aromatic heterocycles. The van der Waals surface area contributed by atoms with Crippen molar-refractivity contribution in [1.82, 2.24) is 9.78 Å². The molecule has 2 aromatic carbocycles. The maximum atomic E-state index is 13.3. The number of hydrogen-bond donors (Lipinski definition) is 1. The largest absolute Gasteiger partial charge is 0.496 e. The van der Waals surface area contributed by atoms with Gasteiger partial charge in [0.1, 0.15) is 23.1 Å². The molecule has 0 radical (unpaired) electrons. The predicted molar refractivity (Wildman–Crippen MR) is 96.9 cm³/mol. The Morgan fingerprint density at radius 2 is 1.88 bits per heavy atom. The number of benzene rings is 2. The van der Waals surface area contributed by atoms with E-state index in [0.717, 1.165) is 54.3 Å². The molecular weight excluding hydrogens is 317 g/mol. The van der Waals surface area contributed by atoms with Crippen LogP contribution in [0, 0.1) is 5.82 Å². The molecular formula is C20H20FN3O. The van der Waals surface area contributed by atoms with Crippen LogP contribution >= 0.6 is 0 Å². The Balaban J connectivity index is 1.92. The first-order valence-electron chi connectivity index (χ1n) is 8.53. The van der Waals surface area contributed by atoms with Gasteiger partial charge in [-0.2, -0.15) is 5.10 Å². The Hall–Kier alpha value is -2.82. The molecule has 0 atom stereocenters. The van der Waals surface area contributed by atoms with E-state index in [-0.39, 0.29) is 5.82 Å². The molecule has 5 heteroatoms. The van der Waals surface area contributed by atoms with E-state index in [0.29, 0.717) is 0 Å². The summed E-state index contributed by atoms with van der Waals surface area (Å²) in [4.78, 5) is 0. The van der Waals surface area contributed by atoms with Gasteiger partial charge in [-0.1, -0.05) is 12.1 Å². The zero-order chi connectivity index (χ0) is 17.2. The van der Waals surface area contributed by atoms with Gasteiger partial charge in [-0.3, -0.25) is 0 Å². The van der Waals surface area contributed by atoms with E-state index in [1.54, 1.807) is 19.2 Å². The highest BCUT2D eigenvalue weighted by molar-refractivity contribution is 5.75. The molecule has 1 aliphatic heterocycles. The third-order valence-corrected chi connectivity index (χ3v) is 4.56. The number of nitrogens with zero attached hydrogens (tertiary/aromatic N) is 2. The number of ether oxygens (including phenoxy) is 1. The maximum Gasteiger partial charge on any atom is 0.133 e. The van der Waals surface area contributed by atoms with Crippen molar-refractivity contribution in [2.75, 3.05) is 19.0 Å². The van der Waals surface area contributed by atoms with Crippen LogP contribution in [0.5, 0.6) is 5.75 Å². The zero-order valence-corrected chi connectivity index (χ0v) is 14.1. The lowest BCUT2D eigenvalue weighted by molar-refractivity contribution is 0.416. The summed E-state index contributed by atoms with van der Waals surface area (Å²) in [6, 6.07) is 14.3. The highest BCUT2D eigenvalue weighted by atomic mass is 19.1. The number of fused-ring (bicyclic) bond motifs is 1. The molecule has 0 bridgehead atoms. The Kier molecular flexibility index (Phi) is 4.14. The van der Waals surface area contributed by atoms with Crippen LogP contribution in [0.4, 0.5) is 10.2 Å². The summed E-state index contributed by atoms with van der Waals surface area (Å²) in [5.41, 5.74) is 3.93. The average Bonchev–Trinajstić information content (AvgIpc) is 2.83. The van der Waals surface area contributed by atoms with Gasteiger partial charge in [0.05, 0.1) is 12.8 Å². The fraction of sp³-hybridized carbons (Fsp3) is 0.250. The number of aromatic nitrogens is 2. The van der Waals surface area contributed by atoms with Crippen molar-refractivity contribution in [3.05, 3.63) is 59.9 Å². The van der Waals surface area contributed by atoms with Crippen molar-refractivity contribution in [1.29, 1.82) is 0 Å². The van der Waals surface area contributed by atoms with E-state index in [9.17, 15) is 4.39 Å². The minimum absolute atomic E-state index is 0.250. The zero-order valence-electron chi connectivity index (χ0n) is 14.1. The van der Waals surface area contributed by atoms with E-state index in [4.69, 9.17) is 9.84 Å². The van der Waals surface area contributed by atoms with Gasteiger partial charge in [-0.15, -0.1) is 0 Å². The topological polar surface area (TPSA) is 39.1 Å². The van der Waals surface area contributed by atoms with Crippen molar-refractivity contribution in [3.63, 3.8) is 0 Å². The maximum absolute atomic E-state index is 13.3. The Bertz CT molecular complexity index is 886. The van der Waals surface area contributed by atoms with Crippen molar-refractivity contribution in [2.24, 2.45) is 0 Å². The molecule has 3 aromatic rings. The lowest BCUT2D eigenvalue weighted by Crippen LogP contribution is -2.07. The molecule has 0 spiro atoms. The van der Waals surface area contributed by atoms with Gasteiger partial charge in [0.2, 0.25) is 0 Å². The third-order valence-electron chi connectivity index (χ3n) is 4.56. The molecule has 0 saturated carbocycles. The number of methoxy groups -OCH3 is 1. The van der Waals surface area contributed by atoms with E-state index in [2.05, 4.69) is 5.32 Å². The first kappa shape index (κ1) is 15.7. The molecule has 4 rings (SSSR count). The van der Waals surface area contributed by atoms with Crippen LogP contribution in [-0.2, 0) is 6.42 Å². The Morgan fingerprint density at radius 1 is 1.08 bits per heavy atom. The second-order valence-electron chi connectivity index (χ2n) is 6.15. The number of halogens is 1. The summed E-state index contributed by atoms with van der Waals surface area (Å²) in [7, 11) is 1.67. The fourth-order valence-electron chi connectivity index (χ4n) is 3.33. The average molecular weight is 337 g/mol. The van der Waals surface area contributed by atoms with Gasteiger partial charge < -0.3 is 10.1 Å². The van der Waals surface area contributed by atoms with Crippen LogP contribution in [0.2, 0.25) is 0 Å². The SMILES string of the molecule is COc1ccccc1-c1nn(-c2ccc(F)cc2)c2c1CCCCN2. The minimum atomic E-state index is -0.250. The summed E-state index contributed by atoms with van der Waals surface area (Å²) in [6.07, 6.45) is 3.18. The van der Waals surface area contributed by atoms with Crippen LogP contribution in [-0.4, -0.2) is 23.4 Å². The second-order valence-corrected chi connectivity index (χ2v) is 6.15. The summed E-state index contributed by atoms with van der Waals surface area (Å²) >= 11 is 0. The molecule has 1 aliphatic rings. The molecule has 25 heavy (non-hydrogen) atoms. The first-order chi connectivity index (χ1) is 12.3.